The maximum Gasteiger partial charge on any atom is 0.332 e. The van der Waals surface area contributed by atoms with Crippen LogP contribution in [0, 0.1) is 12.5 Å². The Hall–Kier alpha value is -3.06. The Morgan fingerprint density at radius 2 is 2.07 bits per heavy atom. The van der Waals surface area contributed by atoms with Crippen LogP contribution >= 0.6 is 0 Å². The van der Waals surface area contributed by atoms with E-state index in [1.807, 2.05) is 11.6 Å². The van der Waals surface area contributed by atoms with Crippen LogP contribution in [0.25, 0.3) is 16.0 Å². The van der Waals surface area contributed by atoms with Crippen molar-refractivity contribution in [3.63, 3.8) is 0 Å². The number of nitrogens with zero attached hydrogens (tertiary/aromatic N) is 3. The highest BCUT2D eigenvalue weighted by atomic mass is 32.2. The molecule has 0 saturated heterocycles. The number of sulfonamides is 1. The summed E-state index contributed by atoms with van der Waals surface area (Å²) in [6.07, 6.45) is 2.48. The van der Waals surface area contributed by atoms with Crippen LogP contribution in [0.2, 0.25) is 0 Å². The number of nitrogens with one attached hydrogen (secondary N) is 2. The molecule has 2 aromatic rings. The summed E-state index contributed by atoms with van der Waals surface area (Å²) in [5.74, 6) is -1.10. The Morgan fingerprint density at radius 3 is 2.69 bits per heavy atom. The highest BCUT2D eigenvalue weighted by molar-refractivity contribution is 7.90. The molecule has 2 aromatic heterocycles. The predicted octanol–water partition coefficient (Wildman–Crippen LogP) is 4.21. The molecule has 2 heterocycles. The second-order valence-corrected chi connectivity index (χ2v) is 8.49. The fourth-order valence-electron chi connectivity index (χ4n) is 2.62. The van der Waals surface area contributed by atoms with Crippen LogP contribution in [0.3, 0.4) is 0 Å². The number of rotatable bonds is 7. The smallest absolute Gasteiger partial charge is 0.332 e. The lowest BCUT2D eigenvalue weighted by Gasteiger charge is -2.18. The fraction of sp³-hybridized carbons (Fsp3) is 0.368. The number of anilines is 1. The van der Waals surface area contributed by atoms with Crippen molar-refractivity contribution in [1.29, 1.82) is 0 Å². The molecule has 0 radical (unpaired) electrons. The van der Waals surface area contributed by atoms with Crippen molar-refractivity contribution in [2.45, 2.75) is 39.5 Å². The van der Waals surface area contributed by atoms with E-state index in [9.17, 15) is 17.6 Å². The van der Waals surface area contributed by atoms with E-state index < -0.39 is 22.0 Å². The quantitative estimate of drug-likeness (QED) is 0.517. The number of aromatic nitrogens is 2. The van der Waals surface area contributed by atoms with Gasteiger partial charge in [0.15, 0.2) is 0 Å². The molecule has 29 heavy (non-hydrogen) atoms. The molecule has 0 aliphatic rings. The van der Waals surface area contributed by atoms with Crippen LogP contribution in [0.4, 0.5) is 20.7 Å². The summed E-state index contributed by atoms with van der Waals surface area (Å²) in [6.45, 7) is 12.5. The van der Waals surface area contributed by atoms with Gasteiger partial charge >= 0.3 is 6.03 Å². The largest absolute Gasteiger partial charge is 0.361 e. The van der Waals surface area contributed by atoms with Gasteiger partial charge in [-0.25, -0.2) is 22.9 Å². The molecule has 2 rings (SSSR count). The lowest BCUT2D eigenvalue weighted by atomic mass is 9.99. The Morgan fingerprint density at radius 1 is 1.34 bits per heavy atom. The predicted molar refractivity (Wildman–Crippen MR) is 109 cm³/mol. The van der Waals surface area contributed by atoms with Crippen molar-refractivity contribution in [3.8, 4) is 11.1 Å². The molecule has 0 aliphatic heterocycles. The number of carbonyl (C=O) groups excluding carboxylic acids is 1. The van der Waals surface area contributed by atoms with Gasteiger partial charge in [0.2, 0.25) is 16.0 Å². The summed E-state index contributed by atoms with van der Waals surface area (Å²) in [4.78, 5) is 23.4. The third-order valence-corrected chi connectivity index (χ3v) is 5.31. The Labute approximate surface area is 169 Å². The van der Waals surface area contributed by atoms with Gasteiger partial charge in [0, 0.05) is 11.6 Å². The minimum Gasteiger partial charge on any atom is -0.361 e. The van der Waals surface area contributed by atoms with Crippen LogP contribution in [0.5, 0.6) is 0 Å². The van der Waals surface area contributed by atoms with Gasteiger partial charge in [-0.05, 0) is 30.0 Å². The van der Waals surface area contributed by atoms with Crippen molar-refractivity contribution in [2.24, 2.45) is 0 Å². The number of halogens is 1. The third kappa shape index (κ3) is 5.96. The van der Waals surface area contributed by atoms with E-state index in [2.05, 4.69) is 20.1 Å². The van der Waals surface area contributed by atoms with Gasteiger partial charge in [0.05, 0.1) is 17.1 Å². The highest BCUT2D eigenvalue weighted by Gasteiger charge is 2.21. The first-order valence-corrected chi connectivity index (χ1v) is 10.7. The SMILES string of the molecule is [C-]#[N+]c1cc(-c2cc(F)nc(C(C)C)c2NC(=O)NS(=O)(=O)CCCC)ccn1. The van der Waals surface area contributed by atoms with E-state index in [0.29, 0.717) is 18.4 Å². The van der Waals surface area contributed by atoms with Crippen molar-refractivity contribution < 1.29 is 17.6 Å². The third-order valence-electron chi connectivity index (χ3n) is 3.99. The molecular formula is C19H22FN5O3S. The van der Waals surface area contributed by atoms with E-state index in [-0.39, 0.29) is 34.4 Å². The summed E-state index contributed by atoms with van der Waals surface area (Å²) in [6, 6.07) is 3.18. The van der Waals surface area contributed by atoms with Crippen LogP contribution in [-0.4, -0.2) is 30.2 Å². The van der Waals surface area contributed by atoms with Crippen molar-refractivity contribution in [3.05, 3.63) is 47.5 Å². The van der Waals surface area contributed by atoms with E-state index in [0.717, 1.165) is 6.07 Å². The van der Waals surface area contributed by atoms with Crippen LogP contribution < -0.4 is 10.0 Å². The first-order chi connectivity index (χ1) is 13.7. The van der Waals surface area contributed by atoms with E-state index in [4.69, 9.17) is 6.57 Å². The minimum atomic E-state index is -3.80. The standard InChI is InChI=1S/C19H22FN5O3S/c1-5-6-9-29(27,28)25-19(26)24-18-14(11-15(20)23-17(18)12(2)3)13-7-8-22-16(10-13)21-4/h7-8,10-12H,5-6,9H2,1-3H3,(H2,24,25,26). The molecule has 154 valence electrons. The van der Waals surface area contributed by atoms with Crippen molar-refractivity contribution in [2.75, 3.05) is 11.1 Å². The van der Waals surface area contributed by atoms with Gasteiger partial charge < -0.3 is 10.2 Å². The Bertz CT molecular complexity index is 1050. The number of unbranched alkanes of at least 4 members (excludes halogenated alkanes) is 1. The summed E-state index contributed by atoms with van der Waals surface area (Å²) in [7, 11) is -3.80. The maximum atomic E-state index is 14.2. The average molecular weight is 419 g/mol. The molecule has 0 fully saturated rings. The molecule has 2 amide bonds. The molecule has 0 spiro atoms. The first-order valence-electron chi connectivity index (χ1n) is 9.02. The number of pyridine rings is 2. The summed E-state index contributed by atoms with van der Waals surface area (Å²) in [5, 5.41) is 2.50. The zero-order chi connectivity index (χ0) is 21.6. The summed E-state index contributed by atoms with van der Waals surface area (Å²) >= 11 is 0. The van der Waals surface area contributed by atoms with Gasteiger partial charge in [0.1, 0.15) is 6.20 Å². The van der Waals surface area contributed by atoms with Gasteiger partial charge in [0.25, 0.3) is 5.82 Å². The lowest BCUT2D eigenvalue weighted by Crippen LogP contribution is -2.36. The molecule has 0 atom stereocenters. The van der Waals surface area contributed by atoms with E-state index >= 15 is 0 Å². The summed E-state index contributed by atoms with van der Waals surface area (Å²) < 4.78 is 40.2. The Balaban J connectivity index is 2.49. The van der Waals surface area contributed by atoms with Crippen LogP contribution in [0.15, 0.2) is 24.4 Å². The van der Waals surface area contributed by atoms with Gasteiger partial charge in [-0.1, -0.05) is 33.8 Å². The number of hydrogen-bond acceptors (Lipinski definition) is 5. The second-order valence-electron chi connectivity index (χ2n) is 6.65. The zero-order valence-electron chi connectivity index (χ0n) is 16.4. The summed E-state index contributed by atoms with van der Waals surface area (Å²) in [5.41, 5.74) is 1.14. The first kappa shape index (κ1) is 22.2. The van der Waals surface area contributed by atoms with E-state index in [1.54, 1.807) is 19.9 Å². The number of carbonyl (C=O) groups is 1. The van der Waals surface area contributed by atoms with Crippen LogP contribution in [0.1, 0.15) is 45.2 Å². The number of amides is 2. The molecule has 0 aromatic carbocycles. The van der Waals surface area contributed by atoms with Crippen LogP contribution in [-0.2, 0) is 10.0 Å². The molecule has 0 aliphatic carbocycles. The number of urea groups is 1. The highest BCUT2D eigenvalue weighted by Crippen LogP contribution is 2.35. The molecule has 8 nitrogen and oxygen atoms in total. The zero-order valence-corrected chi connectivity index (χ0v) is 17.2. The monoisotopic (exact) mass is 419 g/mol. The molecule has 10 heteroatoms. The fourth-order valence-corrected chi connectivity index (χ4v) is 3.73. The molecule has 2 N–H and O–H groups in total. The normalized spacial score (nSPS) is 11.2. The number of hydrogen-bond donors (Lipinski definition) is 2. The molecule has 0 saturated carbocycles. The Kier molecular flexibility index (Phi) is 7.23. The molecular weight excluding hydrogens is 397 g/mol. The molecule has 0 bridgehead atoms. The lowest BCUT2D eigenvalue weighted by molar-refractivity contribution is 0.256. The molecule has 0 unspecified atom stereocenters. The van der Waals surface area contributed by atoms with Crippen molar-refractivity contribution in [1.82, 2.24) is 14.7 Å². The van der Waals surface area contributed by atoms with E-state index in [1.165, 1.54) is 12.3 Å². The van der Waals surface area contributed by atoms with Gasteiger partial charge in [-0.2, -0.15) is 4.39 Å². The second kappa shape index (κ2) is 9.43. The topological polar surface area (TPSA) is 105 Å². The van der Waals surface area contributed by atoms with Gasteiger partial charge in [-0.15, -0.1) is 4.98 Å². The van der Waals surface area contributed by atoms with Gasteiger partial charge in [-0.3, -0.25) is 0 Å². The minimum absolute atomic E-state index is 0.100. The maximum absolute atomic E-state index is 14.2. The average Bonchev–Trinajstić information content (AvgIpc) is 2.66. The van der Waals surface area contributed by atoms with Crippen molar-refractivity contribution >= 4 is 27.6 Å².